The van der Waals surface area contributed by atoms with Gasteiger partial charge >= 0.3 is 23.9 Å². The molecule has 234 valence electrons. The average Bonchev–Trinajstić information content (AvgIpc) is 3.58. The number of esters is 4. The minimum atomic E-state index is -1.36. The van der Waals surface area contributed by atoms with Gasteiger partial charge in [0, 0.05) is 32.6 Å². The van der Waals surface area contributed by atoms with Crippen LogP contribution in [0.15, 0.2) is 52.5 Å². The van der Waals surface area contributed by atoms with E-state index in [4.69, 9.17) is 28.4 Å². The van der Waals surface area contributed by atoms with E-state index in [-0.39, 0.29) is 17.5 Å². The Morgan fingerprint density at radius 2 is 1.57 bits per heavy atom. The number of anilines is 1. The average molecular weight is 647 g/mol. The molecule has 1 aromatic carbocycles. The number of hydrogen-bond donors (Lipinski definition) is 0. The molecule has 1 amide bonds. The highest BCUT2D eigenvalue weighted by Crippen LogP contribution is 2.39. The first-order chi connectivity index (χ1) is 21.0. The Kier molecular flexibility index (Phi) is 10.8. The van der Waals surface area contributed by atoms with Crippen molar-refractivity contribution in [2.24, 2.45) is 4.99 Å². The molecule has 0 N–H and O–H groups in total. The first kappa shape index (κ1) is 32.7. The second kappa shape index (κ2) is 14.5. The third-order valence-corrected chi connectivity index (χ3v) is 8.07. The second-order valence-corrected chi connectivity index (χ2v) is 11.5. The quantitative estimate of drug-likeness (QED) is 0.223. The smallest absolute Gasteiger partial charge is 0.303 e. The Morgan fingerprint density at radius 3 is 2.14 bits per heavy atom. The van der Waals surface area contributed by atoms with Crippen molar-refractivity contribution in [2.75, 3.05) is 18.6 Å². The minimum Gasteiger partial charge on any atom is -0.497 e. The Hall–Kier alpha value is -4.21. The lowest BCUT2D eigenvalue weighted by molar-refractivity contribution is -0.237. The molecule has 15 heteroatoms. The van der Waals surface area contributed by atoms with E-state index in [0.717, 1.165) is 37.4 Å². The van der Waals surface area contributed by atoms with Crippen molar-refractivity contribution in [3.63, 3.8) is 0 Å². The van der Waals surface area contributed by atoms with Crippen molar-refractivity contribution < 1.29 is 52.4 Å². The summed E-state index contributed by atoms with van der Waals surface area (Å²) in [6.45, 7) is 4.24. The van der Waals surface area contributed by atoms with Crippen LogP contribution < -0.4 is 9.64 Å². The predicted octanol–water partition coefficient (Wildman–Crippen LogP) is 3.32. The standard InChI is InChI=1S/C29H30N2O11S2/c1-15(32)38-14-23-24(39-16(2)33)25(40-17(3)34)26(41-18(4)35)28(42-23)44-29-30-22(13-21-7-6-12-43-21)27(36)31(29)19-8-10-20(37-5)11-9-19/h6-13,23-26,28H,14H2,1-5H3/b22-13-/t23-,24-,25+,26+,28+/m1/s1. The van der Waals surface area contributed by atoms with E-state index in [1.807, 2.05) is 17.5 Å². The molecule has 1 fully saturated rings. The van der Waals surface area contributed by atoms with Gasteiger partial charge in [0.1, 0.15) is 24.2 Å². The molecule has 1 aromatic heterocycles. The number of carbonyl (C=O) groups excluding carboxylic acids is 5. The fraction of sp³-hybridized carbons (Fsp3) is 0.379. The summed E-state index contributed by atoms with van der Waals surface area (Å²) in [6, 6.07) is 10.4. The molecule has 5 atom stereocenters. The second-order valence-electron chi connectivity index (χ2n) is 9.46. The molecule has 1 saturated heterocycles. The van der Waals surface area contributed by atoms with Gasteiger partial charge in [-0.1, -0.05) is 17.8 Å². The van der Waals surface area contributed by atoms with Crippen LogP contribution in [0.4, 0.5) is 5.69 Å². The van der Waals surface area contributed by atoms with Gasteiger partial charge in [-0.25, -0.2) is 4.99 Å². The Labute approximate surface area is 261 Å². The largest absolute Gasteiger partial charge is 0.497 e. The predicted molar refractivity (Wildman–Crippen MR) is 160 cm³/mol. The van der Waals surface area contributed by atoms with Gasteiger partial charge in [0.2, 0.25) is 0 Å². The number of aliphatic imine (C=N–C) groups is 1. The minimum absolute atomic E-state index is 0.136. The number of amidine groups is 1. The third kappa shape index (κ3) is 8.03. The van der Waals surface area contributed by atoms with Crippen LogP contribution in [0.2, 0.25) is 0 Å². The summed E-state index contributed by atoms with van der Waals surface area (Å²) in [6.07, 6.45) is -3.51. The highest BCUT2D eigenvalue weighted by atomic mass is 32.2. The van der Waals surface area contributed by atoms with E-state index < -0.39 is 59.6 Å². The van der Waals surface area contributed by atoms with E-state index in [1.165, 1.54) is 30.3 Å². The number of nitrogens with zero attached hydrogens (tertiary/aromatic N) is 2. The van der Waals surface area contributed by atoms with E-state index in [1.54, 1.807) is 30.3 Å². The molecule has 0 spiro atoms. The van der Waals surface area contributed by atoms with E-state index >= 15 is 0 Å². The lowest BCUT2D eigenvalue weighted by atomic mass is 9.99. The van der Waals surface area contributed by atoms with Crippen LogP contribution >= 0.6 is 23.1 Å². The first-order valence-electron chi connectivity index (χ1n) is 13.3. The number of ether oxygens (including phenoxy) is 6. The maximum absolute atomic E-state index is 13.7. The van der Waals surface area contributed by atoms with Crippen molar-refractivity contribution in [1.82, 2.24) is 0 Å². The molecule has 44 heavy (non-hydrogen) atoms. The van der Waals surface area contributed by atoms with Crippen LogP contribution in [0.25, 0.3) is 6.08 Å². The lowest BCUT2D eigenvalue weighted by Gasteiger charge is -2.44. The number of methoxy groups -OCH3 is 1. The van der Waals surface area contributed by atoms with Crippen LogP contribution in [0.3, 0.4) is 0 Å². The summed E-state index contributed by atoms with van der Waals surface area (Å²) >= 11 is 2.34. The number of amides is 1. The fourth-order valence-corrected chi connectivity index (χ4v) is 6.28. The number of carbonyl (C=O) groups is 5. The first-order valence-corrected chi connectivity index (χ1v) is 15.0. The van der Waals surface area contributed by atoms with Crippen molar-refractivity contribution in [3.05, 3.63) is 52.4 Å². The normalized spacial score (nSPS) is 24.0. The van der Waals surface area contributed by atoms with E-state index in [9.17, 15) is 24.0 Å². The molecule has 3 heterocycles. The van der Waals surface area contributed by atoms with Crippen LogP contribution in [0.1, 0.15) is 32.6 Å². The SMILES string of the molecule is COc1ccc(N2C(=O)/C(=C/c3cccs3)N=C2S[C@@H]2O[C@H](COC(C)=O)[C@@H](OC(C)=O)[C@H](OC(C)=O)[C@@H]2OC(C)=O)cc1. The number of thioether (sulfide) groups is 1. The molecular formula is C29H30N2O11S2. The number of hydrogen-bond acceptors (Lipinski definition) is 14. The summed E-state index contributed by atoms with van der Waals surface area (Å²) in [7, 11) is 1.52. The van der Waals surface area contributed by atoms with Gasteiger partial charge < -0.3 is 28.4 Å². The molecule has 2 aliphatic rings. The Morgan fingerprint density at radius 1 is 0.932 bits per heavy atom. The maximum Gasteiger partial charge on any atom is 0.303 e. The topological polar surface area (TPSA) is 156 Å². The van der Waals surface area contributed by atoms with Gasteiger partial charge in [-0.05, 0) is 41.8 Å². The summed E-state index contributed by atoms with van der Waals surface area (Å²) < 4.78 is 33.2. The highest BCUT2D eigenvalue weighted by molar-refractivity contribution is 8.14. The molecular weight excluding hydrogens is 616 g/mol. The van der Waals surface area contributed by atoms with E-state index in [2.05, 4.69) is 4.99 Å². The number of thiophene rings is 1. The van der Waals surface area contributed by atoms with Crippen LogP contribution in [-0.2, 0) is 47.7 Å². The lowest BCUT2D eigenvalue weighted by Crippen LogP contribution is -2.61. The summed E-state index contributed by atoms with van der Waals surface area (Å²) in [5, 5.41) is 2.02. The molecule has 0 radical (unpaired) electrons. The fourth-order valence-electron chi connectivity index (χ4n) is 4.43. The molecule has 0 aliphatic carbocycles. The zero-order chi connectivity index (χ0) is 32.0. The molecule has 4 rings (SSSR count). The monoisotopic (exact) mass is 646 g/mol. The Balaban J connectivity index is 1.78. The van der Waals surface area contributed by atoms with Gasteiger partial charge in [-0.2, -0.15) is 0 Å². The van der Waals surface area contributed by atoms with Crippen molar-refractivity contribution in [3.8, 4) is 5.75 Å². The zero-order valence-electron chi connectivity index (χ0n) is 24.4. The Bertz CT molecular complexity index is 1460. The molecule has 2 aliphatic heterocycles. The zero-order valence-corrected chi connectivity index (χ0v) is 26.0. The summed E-state index contributed by atoms with van der Waals surface area (Å²) in [5.74, 6) is -2.73. The number of benzene rings is 1. The van der Waals surface area contributed by atoms with Gasteiger partial charge in [-0.15, -0.1) is 11.3 Å². The summed E-state index contributed by atoms with van der Waals surface area (Å²) in [4.78, 5) is 68.6. The molecule has 0 bridgehead atoms. The number of rotatable bonds is 9. The van der Waals surface area contributed by atoms with Gasteiger partial charge in [0.05, 0.1) is 12.8 Å². The van der Waals surface area contributed by atoms with Crippen molar-refractivity contribution >= 4 is 69.8 Å². The van der Waals surface area contributed by atoms with Crippen LogP contribution in [0, 0.1) is 0 Å². The molecule has 0 saturated carbocycles. The van der Waals surface area contributed by atoms with Gasteiger partial charge in [0.25, 0.3) is 5.91 Å². The van der Waals surface area contributed by atoms with Crippen LogP contribution in [-0.4, -0.2) is 78.5 Å². The van der Waals surface area contributed by atoms with Gasteiger partial charge in [-0.3, -0.25) is 28.9 Å². The third-order valence-electron chi connectivity index (χ3n) is 6.15. The molecule has 0 unspecified atom stereocenters. The van der Waals surface area contributed by atoms with E-state index in [0.29, 0.717) is 11.4 Å². The van der Waals surface area contributed by atoms with Gasteiger partial charge in [0.15, 0.2) is 28.9 Å². The highest BCUT2D eigenvalue weighted by Gasteiger charge is 2.53. The van der Waals surface area contributed by atoms with Crippen molar-refractivity contribution in [2.45, 2.75) is 57.5 Å². The summed E-state index contributed by atoms with van der Waals surface area (Å²) in [5.41, 5.74) is -0.581. The molecule has 13 nitrogen and oxygen atoms in total. The van der Waals surface area contributed by atoms with Crippen LogP contribution in [0.5, 0.6) is 5.75 Å². The van der Waals surface area contributed by atoms with Crippen molar-refractivity contribution in [1.29, 1.82) is 0 Å². The maximum atomic E-state index is 13.7. The molecule has 2 aromatic rings.